The Kier molecular flexibility index (Phi) is 11.1. The van der Waals surface area contributed by atoms with Crippen molar-refractivity contribution in [3.8, 4) is 11.5 Å². The van der Waals surface area contributed by atoms with Gasteiger partial charge in [0.15, 0.2) is 0 Å². The molecule has 3 aromatic rings. The van der Waals surface area contributed by atoms with Crippen LogP contribution in [0.15, 0.2) is 84.9 Å². The lowest BCUT2D eigenvalue weighted by molar-refractivity contribution is -0.139. The Balaban J connectivity index is 1.84. The molecule has 2 amide bonds. The smallest absolute Gasteiger partial charge is 0.244 e. The largest absolute Gasteiger partial charge is 0.457 e. The number of hydrogen-bond donors (Lipinski definition) is 1. The molecule has 0 fully saturated rings. The van der Waals surface area contributed by atoms with E-state index in [0.29, 0.717) is 36.6 Å². The standard InChI is InChI=1S/C31H39N3O5S/c1-5-29(31(36)32-22-24(2)3)33(21-20-25-12-8-6-9-13-25)30(35)23-34(40(4,37)38)26-16-18-28(19-17-26)39-27-14-10-7-11-15-27/h6-19,24,29H,5,20-23H2,1-4H3,(H,32,36). The summed E-state index contributed by atoms with van der Waals surface area (Å²) in [6.07, 6.45) is 2.00. The van der Waals surface area contributed by atoms with Gasteiger partial charge in [-0.1, -0.05) is 69.3 Å². The van der Waals surface area contributed by atoms with Gasteiger partial charge >= 0.3 is 0 Å². The van der Waals surface area contributed by atoms with Crippen LogP contribution in [0.5, 0.6) is 11.5 Å². The first-order valence-corrected chi connectivity index (χ1v) is 15.3. The molecule has 0 radical (unpaired) electrons. The molecule has 0 aromatic heterocycles. The predicted octanol–water partition coefficient (Wildman–Crippen LogP) is 4.87. The lowest BCUT2D eigenvalue weighted by Gasteiger charge is -2.33. The van der Waals surface area contributed by atoms with Crippen LogP contribution in [-0.4, -0.2) is 57.1 Å². The van der Waals surface area contributed by atoms with Gasteiger partial charge in [0.1, 0.15) is 24.1 Å². The van der Waals surface area contributed by atoms with E-state index in [-0.39, 0.29) is 18.4 Å². The highest BCUT2D eigenvalue weighted by atomic mass is 32.2. The molecule has 0 aliphatic rings. The van der Waals surface area contributed by atoms with E-state index in [0.717, 1.165) is 16.1 Å². The van der Waals surface area contributed by atoms with Gasteiger partial charge in [-0.15, -0.1) is 0 Å². The van der Waals surface area contributed by atoms with Crippen LogP contribution in [0.3, 0.4) is 0 Å². The molecule has 1 N–H and O–H groups in total. The van der Waals surface area contributed by atoms with Crippen molar-refractivity contribution in [1.29, 1.82) is 0 Å². The molecule has 0 saturated carbocycles. The zero-order valence-corrected chi connectivity index (χ0v) is 24.4. The van der Waals surface area contributed by atoms with Gasteiger partial charge in [-0.25, -0.2) is 8.42 Å². The van der Waals surface area contributed by atoms with Gasteiger partial charge in [0.25, 0.3) is 0 Å². The average Bonchev–Trinajstić information content (AvgIpc) is 2.93. The maximum atomic E-state index is 13.8. The van der Waals surface area contributed by atoms with E-state index in [2.05, 4.69) is 5.32 Å². The molecule has 214 valence electrons. The first-order valence-electron chi connectivity index (χ1n) is 13.5. The Labute approximate surface area is 238 Å². The molecular formula is C31H39N3O5S. The number of ether oxygens (including phenoxy) is 1. The van der Waals surface area contributed by atoms with E-state index in [9.17, 15) is 18.0 Å². The summed E-state index contributed by atoms with van der Waals surface area (Å²) in [4.78, 5) is 28.4. The number of para-hydroxylation sites is 1. The zero-order valence-electron chi connectivity index (χ0n) is 23.6. The van der Waals surface area contributed by atoms with E-state index in [1.807, 2.05) is 81.4 Å². The Morgan fingerprint density at radius 3 is 2.00 bits per heavy atom. The summed E-state index contributed by atoms with van der Waals surface area (Å²) in [5.74, 6) is 0.751. The minimum atomic E-state index is -3.82. The van der Waals surface area contributed by atoms with E-state index < -0.39 is 28.5 Å². The van der Waals surface area contributed by atoms with Gasteiger partial charge < -0.3 is 15.0 Å². The quantitative estimate of drug-likeness (QED) is 0.301. The van der Waals surface area contributed by atoms with Gasteiger partial charge in [-0.3, -0.25) is 13.9 Å². The van der Waals surface area contributed by atoms with Crippen molar-refractivity contribution in [3.63, 3.8) is 0 Å². The van der Waals surface area contributed by atoms with Crippen molar-refractivity contribution in [3.05, 3.63) is 90.5 Å². The highest BCUT2D eigenvalue weighted by Crippen LogP contribution is 2.26. The Bertz CT molecular complexity index is 1330. The summed E-state index contributed by atoms with van der Waals surface area (Å²) >= 11 is 0. The van der Waals surface area contributed by atoms with Crippen molar-refractivity contribution in [2.45, 2.75) is 39.7 Å². The fourth-order valence-corrected chi connectivity index (χ4v) is 5.09. The molecule has 8 nitrogen and oxygen atoms in total. The van der Waals surface area contributed by atoms with Crippen LogP contribution < -0.4 is 14.4 Å². The lowest BCUT2D eigenvalue weighted by atomic mass is 10.1. The molecule has 0 saturated heterocycles. The Morgan fingerprint density at radius 1 is 0.875 bits per heavy atom. The summed E-state index contributed by atoms with van der Waals surface area (Å²) in [5.41, 5.74) is 1.35. The van der Waals surface area contributed by atoms with Crippen molar-refractivity contribution < 1.29 is 22.7 Å². The van der Waals surface area contributed by atoms with Crippen LogP contribution in [-0.2, 0) is 26.0 Å². The number of rotatable bonds is 14. The molecule has 9 heteroatoms. The van der Waals surface area contributed by atoms with Gasteiger partial charge in [0, 0.05) is 13.1 Å². The normalized spacial score (nSPS) is 12.0. The van der Waals surface area contributed by atoms with E-state index in [1.165, 1.54) is 4.90 Å². The number of benzene rings is 3. The van der Waals surface area contributed by atoms with Crippen molar-refractivity contribution >= 4 is 27.5 Å². The molecule has 40 heavy (non-hydrogen) atoms. The number of sulfonamides is 1. The third kappa shape index (κ3) is 9.12. The molecule has 0 aliphatic carbocycles. The van der Waals surface area contributed by atoms with E-state index in [4.69, 9.17) is 4.74 Å². The Hall–Kier alpha value is -3.85. The molecule has 0 heterocycles. The molecule has 3 rings (SSSR count). The van der Waals surface area contributed by atoms with Gasteiger partial charge in [-0.2, -0.15) is 0 Å². The maximum Gasteiger partial charge on any atom is 0.244 e. The van der Waals surface area contributed by atoms with Crippen molar-refractivity contribution in [2.75, 3.05) is 30.2 Å². The summed E-state index contributed by atoms with van der Waals surface area (Å²) in [7, 11) is -3.82. The SMILES string of the molecule is CCC(C(=O)NCC(C)C)N(CCc1ccccc1)C(=O)CN(c1ccc(Oc2ccccc2)cc1)S(C)(=O)=O. The number of hydrogen-bond acceptors (Lipinski definition) is 5. The number of anilines is 1. The highest BCUT2D eigenvalue weighted by Gasteiger charge is 2.31. The van der Waals surface area contributed by atoms with Crippen LogP contribution in [0.4, 0.5) is 5.69 Å². The van der Waals surface area contributed by atoms with Gasteiger partial charge in [0.05, 0.1) is 11.9 Å². The van der Waals surface area contributed by atoms with Gasteiger partial charge in [-0.05, 0) is 60.7 Å². The number of nitrogens with zero attached hydrogens (tertiary/aromatic N) is 2. The topological polar surface area (TPSA) is 96.0 Å². The second-order valence-electron chi connectivity index (χ2n) is 10.1. The molecular weight excluding hydrogens is 526 g/mol. The lowest BCUT2D eigenvalue weighted by Crippen LogP contribution is -2.53. The fraction of sp³-hybridized carbons (Fsp3) is 0.355. The Morgan fingerprint density at radius 2 is 1.45 bits per heavy atom. The summed E-state index contributed by atoms with van der Waals surface area (Å²) in [6, 6.07) is 24.7. The van der Waals surface area contributed by atoms with Crippen LogP contribution >= 0.6 is 0 Å². The molecule has 1 atom stereocenters. The third-order valence-corrected chi connectivity index (χ3v) is 7.48. The van der Waals surface area contributed by atoms with Crippen molar-refractivity contribution in [1.82, 2.24) is 10.2 Å². The van der Waals surface area contributed by atoms with Gasteiger partial charge in [0.2, 0.25) is 21.8 Å². The fourth-order valence-electron chi connectivity index (χ4n) is 4.24. The maximum absolute atomic E-state index is 13.8. The number of carbonyl (C=O) groups excluding carboxylic acids is 2. The first-order chi connectivity index (χ1) is 19.1. The first kappa shape index (κ1) is 30.7. The number of carbonyl (C=O) groups is 2. The minimum Gasteiger partial charge on any atom is -0.457 e. The van der Waals surface area contributed by atoms with Crippen LogP contribution in [0.25, 0.3) is 0 Å². The molecule has 3 aromatic carbocycles. The van der Waals surface area contributed by atoms with Crippen LogP contribution in [0.1, 0.15) is 32.8 Å². The molecule has 0 spiro atoms. The van der Waals surface area contributed by atoms with Crippen LogP contribution in [0, 0.1) is 5.92 Å². The molecule has 1 unspecified atom stereocenters. The van der Waals surface area contributed by atoms with Crippen LogP contribution in [0.2, 0.25) is 0 Å². The zero-order chi connectivity index (χ0) is 29.1. The second kappa shape index (κ2) is 14.5. The van der Waals surface area contributed by atoms with Crippen molar-refractivity contribution in [2.24, 2.45) is 5.92 Å². The van der Waals surface area contributed by atoms with E-state index >= 15 is 0 Å². The highest BCUT2D eigenvalue weighted by molar-refractivity contribution is 7.92. The predicted molar refractivity (Wildman–Crippen MR) is 159 cm³/mol. The summed E-state index contributed by atoms with van der Waals surface area (Å²) < 4.78 is 32.6. The monoisotopic (exact) mass is 565 g/mol. The third-order valence-electron chi connectivity index (χ3n) is 6.34. The second-order valence-corrected chi connectivity index (χ2v) is 12.0. The minimum absolute atomic E-state index is 0.245. The summed E-state index contributed by atoms with van der Waals surface area (Å²) in [5, 5.41) is 2.93. The van der Waals surface area contributed by atoms with E-state index in [1.54, 1.807) is 24.3 Å². The molecule has 0 aliphatic heterocycles. The number of amides is 2. The number of nitrogens with one attached hydrogen (secondary N) is 1. The average molecular weight is 566 g/mol. The summed E-state index contributed by atoms with van der Waals surface area (Å²) in [6.45, 7) is 6.18. The molecule has 0 bridgehead atoms.